The smallest absolute Gasteiger partial charge is 0.242 e. The summed E-state index contributed by atoms with van der Waals surface area (Å²) in [6.07, 6.45) is 6.82. The fraction of sp³-hybridized carbons (Fsp3) is 0.714. The van der Waals surface area contributed by atoms with Crippen LogP contribution in [0.4, 0.5) is 4.39 Å². The largest absolute Gasteiger partial charge is 0.379 e. The first kappa shape index (κ1) is 24.7. The molecule has 1 aromatic carbocycles. The first-order valence-electron chi connectivity index (χ1n) is 13.5. The highest BCUT2D eigenvalue weighted by Crippen LogP contribution is 2.60. The lowest BCUT2D eigenvalue weighted by molar-refractivity contribution is -0.149. The van der Waals surface area contributed by atoms with Crippen LogP contribution >= 0.6 is 0 Å². The zero-order chi connectivity index (χ0) is 24.6. The highest BCUT2D eigenvalue weighted by molar-refractivity contribution is 5.90. The second-order valence-electron chi connectivity index (χ2n) is 11.9. The van der Waals surface area contributed by atoms with E-state index in [1.165, 1.54) is 31.4 Å². The molecule has 5 fully saturated rings. The Labute approximate surface area is 208 Å². The number of nitrogens with one attached hydrogen (secondary N) is 2. The Morgan fingerprint density at radius 2 is 1.60 bits per heavy atom. The number of benzene rings is 1. The van der Waals surface area contributed by atoms with Crippen LogP contribution in [-0.4, -0.2) is 55.6 Å². The van der Waals surface area contributed by atoms with Crippen LogP contribution in [0.1, 0.15) is 64.0 Å². The number of rotatable bonds is 8. The van der Waals surface area contributed by atoms with E-state index in [9.17, 15) is 14.0 Å². The van der Waals surface area contributed by atoms with E-state index in [0.717, 1.165) is 37.9 Å². The van der Waals surface area contributed by atoms with Gasteiger partial charge in [-0.2, -0.15) is 0 Å². The minimum Gasteiger partial charge on any atom is -0.379 e. The van der Waals surface area contributed by atoms with Gasteiger partial charge in [0.2, 0.25) is 11.8 Å². The fourth-order valence-electron chi connectivity index (χ4n) is 7.56. The highest BCUT2D eigenvalue weighted by Gasteiger charge is 2.55. The van der Waals surface area contributed by atoms with Gasteiger partial charge < -0.3 is 15.4 Å². The second-order valence-corrected chi connectivity index (χ2v) is 11.9. The molecule has 35 heavy (non-hydrogen) atoms. The van der Waals surface area contributed by atoms with E-state index in [1.807, 2.05) is 13.8 Å². The molecule has 1 heterocycles. The predicted molar refractivity (Wildman–Crippen MR) is 132 cm³/mol. The summed E-state index contributed by atoms with van der Waals surface area (Å²) in [5.74, 6) is 1.72. The lowest BCUT2D eigenvalue weighted by Crippen LogP contribution is -2.58. The third-order valence-electron chi connectivity index (χ3n) is 8.97. The molecule has 4 bridgehead atoms. The number of carbonyl (C=O) groups excluding carboxylic acids is 2. The van der Waals surface area contributed by atoms with E-state index in [0.29, 0.717) is 37.5 Å². The zero-order valence-corrected chi connectivity index (χ0v) is 21.1. The molecule has 4 saturated carbocycles. The standard InChI is InChI=1S/C28H40FN3O3/c1-18(2)25(31-27(34)28-14-19-11-20(15-28)13-21(12-19)16-28)26(33)30-17-24(32-7-9-35-10-8-32)22-3-5-23(29)6-4-22/h3-6,18-21,24-25H,7-17H2,1-2H3,(H,30,33)(H,31,34)/t19?,20?,21?,24-,25-,28?/m0/s1. The molecule has 2 N–H and O–H groups in total. The van der Waals surface area contributed by atoms with Gasteiger partial charge in [0.25, 0.3) is 0 Å². The molecule has 0 aromatic heterocycles. The Morgan fingerprint density at radius 1 is 1.03 bits per heavy atom. The summed E-state index contributed by atoms with van der Waals surface area (Å²) in [5.41, 5.74) is 0.694. The topological polar surface area (TPSA) is 70.7 Å². The minimum absolute atomic E-state index is 0.0134. The zero-order valence-electron chi connectivity index (χ0n) is 21.1. The molecule has 1 aromatic rings. The summed E-state index contributed by atoms with van der Waals surface area (Å²) in [5, 5.41) is 6.31. The Kier molecular flexibility index (Phi) is 7.18. The molecule has 1 saturated heterocycles. The van der Waals surface area contributed by atoms with Crippen molar-refractivity contribution in [3.05, 3.63) is 35.6 Å². The second kappa shape index (κ2) is 10.2. The summed E-state index contributed by atoms with van der Waals surface area (Å²) in [6.45, 7) is 7.18. The van der Waals surface area contributed by atoms with Crippen molar-refractivity contribution < 1.29 is 18.7 Å². The van der Waals surface area contributed by atoms with Crippen LogP contribution in [-0.2, 0) is 14.3 Å². The number of morpholine rings is 1. The molecule has 5 aliphatic rings. The summed E-state index contributed by atoms with van der Waals surface area (Å²) in [7, 11) is 0. The van der Waals surface area contributed by atoms with Crippen molar-refractivity contribution in [2.75, 3.05) is 32.8 Å². The van der Waals surface area contributed by atoms with Crippen LogP contribution in [0.2, 0.25) is 0 Å². The quantitative estimate of drug-likeness (QED) is 0.590. The number of hydrogen-bond acceptors (Lipinski definition) is 4. The molecule has 7 heteroatoms. The number of ether oxygens (including phenoxy) is 1. The van der Waals surface area contributed by atoms with Gasteiger partial charge in [0.05, 0.1) is 19.3 Å². The molecule has 0 radical (unpaired) electrons. The first-order chi connectivity index (χ1) is 16.8. The lowest BCUT2D eigenvalue weighted by atomic mass is 9.49. The van der Waals surface area contributed by atoms with Gasteiger partial charge in [0.15, 0.2) is 0 Å². The van der Waals surface area contributed by atoms with E-state index in [2.05, 4.69) is 15.5 Å². The Balaban J connectivity index is 1.25. The van der Waals surface area contributed by atoms with Gasteiger partial charge in [0, 0.05) is 25.0 Å². The van der Waals surface area contributed by atoms with Crippen LogP contribution in [0, 0.1) is 34.9 Å². The van der Waals surface area contributed by atoms with Crippen molar-refractivity contribution in [3.63, 3.8) is 0 Å². The minimum atomic E-state index is -0.561. The third-order valence-corrected chi connectivity index (χ3v) is 8.97. The molecule has 2 atom stereocenters. The molecule has 4 aliphatic carbocycles. The van der Waals surface area contributed by atoms with E-state index in [4.69, 9.17) is 4.74 Å². The first-order valence-corrected chi connectivity index (χ1v) is 13.5. The number of hydrogen-bond donors (Lipinski definition) is 2. The molecule has 0 spiro atoms. The Bertz CT molecular complexity index is 877. The van der Waals surface area contributed by atoms with Gasteiger partial charge in [-0.05, 0) is 79.9 Å². The lowest BCUT2D eigenvalue weighted by Gasteiger charge is -2.55. The SMILES string of the molecule is CC(C)[C@H](NC(=O)C12CC3CC(CC(C3)C1)C2)C(=O)NC[C@@H](c1ccc(F)cc1)N1CCOCC1. The van der Waals surface area contributed by atoms with Crippen LogP contribution in [0.5, 0.6) is 0 Å². The predicted octanol–water partition coefficient (Wildman–Crippen LogP) is 3.67. The van der Waals surface area contributed by atoms with Crippen molar-refractivity contribution in [2.24, 2.45) is 29.1 Å². The Morgan fingerprint density at radius 3 is 2.14 bits per heavy atom. The maximum atomic E-state index is 13.6. The van der Waals surface area contributed by atoms with Gasteiger partial charge >= 0.3 is 0 Å². The number of nitrogens with zero attached hydrogens (tertiary/aromatic N) is 1. The summed E-state index contributed by atoms with van der Waals surface area (Å²) in [6, 6.07) is 5.87. The third kappa shape index (κ3) is 5.26. The van der Waals surface area contributed by atoms with Gasteiger partial charge in [-0.3, -0.25) is 14.5 Å². The van der Waals surface area contributed by atoms with Crippen LogP contribution in [0.3, 0.4) is 0 Å². The number of carbonyl (C=O) groups is 2. The molecule has 6 rings (SSSR count). The summed E-state index contributed by atoms with van der Waals surface area (Å²) >= 11 is 0. The normalized spacial score (nSPS) is 31.8. The van der Waals surface area contributed by atoms with Crippen LogP contribution in [0.25, 0.3) is 0 Å². The van der Waals surface area contributed by atoms with Crippen molar-refractivity contribution in [2.45, 2.75) is 64.5 Å². The average molecular weight is 486 g/mol. The summed E-state index contributed by atoms with van der Waals surface area (Å²) in [4.78, 5) is 29.3. The number of halogens is 1. The maximum absolute atomic E-state index is 13.6. The van der Waals surface area contributed by atoms with Crippen molar-refractivity contribution >= 4 is 11.8 Å². The Hall–Kier alpha value is -1.99. The van der Waals surface area contributed by atoms with Gasteiger partial charge in [-0.1, -0.05) is 26.0 Å². The highest BCUT2D eigenvalue weighted by atomic mass is 19.1. The molecular formula is C28H40FN3O3. The monoisotopic (exact) mass is 485 g/mol. The van der Waals surface area contributed by atoms with Crippen molar-refractivity contribution in [1.29, 1.82) is 0 Å². The van der Waals surface area contributed by atoms with E-state index in [1.54, 1.807) is 12.1 Å². The van der Waals surface area contributed by atoms with Gasteiger partial charge in [-0.15, -0.1) is 0 Å². The molecule has 2 amide bonds. The van der Waals surface area contributed by atoms with Crippen LogP contribution < -0.4 is 10.6 Å². The van der Waals surface area contributed by atoms with Crippen molar-refractivity contribution in [1.82, 2.24) is 15.5 Å². The molecule has 192 valence electrons. The van der Waals surface area contributed by atoms with E-state index >= 15 is 0 Å². The average Bonchev–Trinajstić information content (AvgIpc) is 2.83. The number of amides is 2. The molecule has 6 nitrogen and oxygen atoms in total. The summed E-state index contributed by atoms with van der Waals surface area (Å²) < 4.78 is 19.1. The molecular weight excluding hydrogens is 445 g/mol. The van der Waals surface area contributed by atoms with E-state index in [-0.39, 0.29) is 35.0 Å². The molecule has 1 aliphatic heterocycles. The van der Waals surface area contributed by atoms with Gasteiger partial charge in [0.1, 0.15) is 11.9 Å². The van der Waals surface area contributed by atoms with Crippen molar-refractivity contribution in [3.8, 4) is 0 Å². The molecule has 0 unspecified atom stereocenters. The van der Waals surface area contributed by atoms with Crippen LogP contribution in [0.15, 0.2) is 24.3 Å². The maximum Gasteiger partial charge on any atom is 0.242 e. The fourth-order valence-corrected chi connectivity index (χ4v) is 7.56. The van der Waals surface area contributed by atoms with Gasteiger partial charge in [-0.25, -0.2) is 4.39 Å². The van der Waals surface area contributed by atoms with E-state index < -0.39 is 6.04 Å².